The molecule has 106 valence electrons. The summed E-state index contributed by atoms with van der Waals surface area (Å²) in [5.74, 6) is 1.71. The van der Waals surface area contributed by atoms with E-state index in [1.165, 1.54) is 31.2 Å². The summed E-state index contributed by atoms with van der Waals surface area (Å²) in [4.78, 5) is 0. The van der Waals surface area contributed by atoms with Crippen molar-refractivity contribution in [3.63, 3.8) is 0 Å². The summed E-state index contributed by atoms with van der Waals surface area (Å²) in [6.45, 7) is 6.48. The van der Waals surface area contributed by atoms with Gasteiger partial charge in [0, 0.05) is 12.0 Å². The number of para-hydroxylation sites is 1. The Balaban J connectivity index is 1.98. The van der Waals surface area contributed by atoms with Crippen molar-refractivity contribution < 1.29 is 4.74 Å². The van der Waals surface area contributed by atoms with E-state index in [9.17, 15) is 0 Å². The quantitative estimate of drug-likeness (QED) is 0.806. The number of nitrogens with one attached hydrogen (secondary N) is 1. The maximum atomic E-state index is 5.94. The molecule has 0 radical (unpaired) electrons. The molecule has 1 aliphatic heterocycles. The number of ether oxygens (including phenoxy) is 1. The van der Waals surface area contributed by atoms with Crippen molar-refractivity contribution in [1.82, 2.24) is 5.32 Å². The lowest BCUT2D eigenvalue weighted by molar-refractivity contribution is 0.178. The lowest BCUT2D eigenvalue weighted by atomic mass is 9.87. The molecule has 1 aliphatic rings. The van der Waals surface area contributed by atoms with Crippen LogP contribution in [0.5, 0.6) is 5.75 Å². The Kier molecular flexibility index (Phi) is 5.71. The van der Waals surface area contributed by atoms with Crippen molar-refractivity contribution in [2.24, 2.45) is 5.92 Å². The topological polar surface area (TPSA) is 21.3 Å². The molecular formula is C17H27NO. The molecule has 0 bridgehead atoms. The van der Waals surface area contributed by atoms with Crippen LogP contribution in [0.2, 0.25) is 0 Å². The van der Waals surface area contributed by atoms with Crippen LogP contribution in [0.3, 0.4) is 0 Å². The van der Waals surface area contributed by atoms with Crippen molar-refractivity contribution in [2.45, 2.75) is 52.0 Å². The molecule has 1 aromatic rings. The molecule has 0 saturated heterocycles. The van der Waals surface area contributed by atoms with E-state index in [0.717, 1.165) is 25.3 Å². The fourth-order valence-corrected chi connectivity index (χ4v) is 2.87. The first-order valence-electron chi connectivity index (χ1n) is 7.79. The van der Waals surface area contributed by atoms with Crippen LogP contribution < -0.4 is 10.1 Å². The molecule has 0 fully saturated rings. The molecule has 1 heterocycles. The molecule has 19 heavy (non-hydrogen) atoms. The van der Waals surface area contributed by atoms with Gasteiger partial charge >= 0.3 is 0 Å². The number of fused-ring (bicyclic) bond motifs is 1. The van der Waals surface area contributed by atoms with Gasteiger partial charge in [0.1, 0.15) is 5.75 Å². The van der Waals surface area contributed by atoms with Gasteiger partial charge in [-0.2, -0.15) is 0 Å². The van der Waals surface area contributed by atoms with Gasteiger partial charge in [-0.05, 0) is 37.4 Å². The van der Waals surface area contributed by atoms with Crippen LogP contribution in [-0.2, 0) is 6.42 Å². The Morgan fingerprint density at radius 1 is 1.26 bits per heavy atom. The lowest BCUT2D eigenvalue weighted by Gasteiger charge is -2.32. The van der Waals surface area contributed by atoms with Crippen LogP contribution in [-0.4, -0.2) is 19.2 Å². The zero-order valence-electron chi connectivity index (χ0n) is 12.3. The Labute approximate surface area is 117 Å². The second kappa shape index (κ2) is 7.54. The first kappa shape index (κ1) is 14.4. The van der Waals surface area contributed by atoms with Crippen molar-refractivity contribution in [2.75, 3.05) is 13.2 Å². The summed E-state index contributed by atoms with van der Waals surface area (Å²) in [7, 11) is 0. The average molecular weight is 261 g/mol. The van der Waals surface area contributed by atoms with E-state index in [-0.39, 0.29) is 0 Å². The molecule has 0 saturated carbocycles. The highest BCUT2D eigenvalue weighted by atomic mass is 16.5. The molecule has 1 N–H and O–H groups in total. The third-order valence-corrected chi connectivity index (χ3v) is 4.00. The maximum Gasteiger partial charge on any atom is 0.122 e. The molecule has 2 rings (SSSR count). The number of unbranched alkanes of at least 4 members (excludes halogenated alkanes) is 1. The van der Waals surface area contributed by atoms with E-state index in [1.54, 1.807) is 0 Å². The van der Waals surface area contributed by atoms with Crippen LogP contribution in [0.1, 0.15) is 45.1 Å². The van der Waals surface area contributed by atoms with Gasteiger partial charge in [-0.15, -0.1) is 0 Å². The van der Waals surface area contributed by atoms with Crippen LogP contribution in [0.15, 0.2) is 24.3 Å². The molecular weight excluding hydrogens is 234 g/mol. The third-order valence-electron chi connectivity index (χ3n) is 4.00. The van der Waals surface area contributed by atoms with Crippen molar-refractivity contribution in [3.05, 3.63) is 29.8 Å². The Bertz CT molecular complexity index is 369. The van der Waals surface area contributed by atoms with Crippen molar-refractivity contribution >= 4 is 0 Å². The van der Waals surface area contributed by atoms with E-state index in [0.29, 0.717) is 12.0 Å². The Morgan fingerprint density at radius 3 is 2.89 bits per heavy atom. The molecule has 1 aromatic carbocycles. The van der Waals surface area contributed by atoms with Crippen LogP contribution in [0.4, 0.5) is 0 Å². The van der Waals surface area contributed by atoms with Crippen LogP contribution in [0, 0.1) is 5.92 Å². The van der Waals surface area contributed by atoms with Crippen molar-refractivity contribution in [3.8, 4) is 5.75 Å². The monoisotopic (exact) mass is 261 g/mol. The normalized spacial score (nSPS) is 19.6. The fraction of sp³-hybridized carbons (Fsp3) is 0.647. The van der Waals surface area contributed by atoms with Crippen LogP contribution in [0.25, 0.3) is 0 Å². The standard InChI is InChI=1S/C17H27NO/c1-3-5-9-16(18-11-4-2)15-12-14-8-6-7-10-17(14)19-13-15/h6-8,10,15-16,18H,3-5,9,11-13H2,1-2H3. The summed E-state index contributed by atoms with van der Waals surface area (Å²) >= 11 is 0. The smallest absolute Gasteiger partial charge is 0.122 e. The molecule has 2 heteroatoms. The van der Waals surface area contributed by atoms with Gasteiger partial charge in [0.05, 0.1) is 6.61 Å². The summed E-state index contributed by atoms with van der Waals surface area (Å²) < 4.78 is 5.94. The minimum atomic E-state index is 0.605. The molecule has 0 spiro atoms. The van der Waals surface area contributed by atoms with Gasteiger partial charge in [-0.25, -0.2) is 0 Å². The Morgan fingerprint density at radius 2 is 2.11 bits per heavy atom. The SMILES string of the molecule is CCCCC(NCCC)C1COc2ccccc2C1. The molecule has 0 aromatic heterocycles. The minimum Gasteiger partial charge on any atom is -0.493 e. The fourth-order valence-electron chi connectivity index (χ4n) is 2.87. The summed E-state index contributed by atoms with van der Waals surface area (Å²) in [5, 5.41) is 3.72. The predicted molar refractivity (Wildman–Crippen MR) is 80.7 cm³/mol. The second-order valence-electron chi connectivity index (χ2n) is 5.59. The number of benzene rings is 1. The van der Waals surface area contributed by atoms with E-state index in [1.807, 2.05) is 0 Å². The first-order valence-corrected chi connectivity index (χ1v) is 7.79. The molecule has 0 aliphatic carbocycles. The van der Waals surface area contributed by atoms with E-state index < -0.39 is 0 Å². The van der Waals surface area contributed by atoms with Gasteiger partial charge in [0.15, 0.2) is 0 Å². The highest BCUT2D eigenvalue weighted by Crippen LogP contribution is 2.29. The largest absolute Gasteiger partial charge is 0.493 e. The molecule has 0 amide bonds. The number of hydrogen-bond acceptors (Lipinski definition) is 2. The van der Waals surface area contributed by atoms with Gasteiger partial charge in [0.2, 0.25) is 0 Å². The van der Waals surface area contributed by atoms with Crippen LogP contribution >= 0.6 is 0 Å². The zero-order chi connectivity index (χ0) is 13.5. The molecule has 2 unspecified atom stereocenters. The predicted octanol–water partition coefficient (Wildman–Crippen LogP) is 3.80. The molecule has 2 nitrogen and oxygen atoms in total. The number of rotatable bonds is 7. The number of hydrogen-bond donors (Lipinski definition) is 1. The second-order valence-corrected chi connectivity index (χ2v) is 5.59. The van der Waals surface area contributed by atoms with Gasteiger partial charge in [0.25, 0.3) is 0 Å². The minimum absolute atomic E-state index is 0.605. The molecule has 2 atom stereocenters. The zero-order valence-corrected chi connectivity index (χ0v) is 12.3. The summed E-state index contributed by atoms with van der Waals surface area (Å²) in [6.07, 6.45) is 6.20. The maximum absolute atomic E-state index is 5.94. The average Bonchev–Trinajstić information content (AvgIpc) is 2.47. The van der Waals surface area contributed by atoms with Gasteiger partial charge < -0.3 is 10.1 Å². The van der Waals surface area contributed by atoms with Gasteiger partial charge in [-0.3, -0.25) is 0 Å². The first-order chi connectivity index (χ1) is 9.35. The lowest BCUT2D eigenvalue weighted by Crippen LogP contribution is -2.42. The van der Waals surface area contributed by atoms with Gasteiger partial charge in [-0.1, -0.05) is 44.9 Å². The third kappa shape index (κ3) is 3.97. The van der Waals surface area contributed by atoms with E-state index in [4.69, 9.17) is 4.74 Å². The van der Waals surface area contributed by atoms with E-state index >= 15 is 0 Å². The highest BCUT2D eigenvalue weighted by molar-refractivity contribution is 5.35. The highest BCUT2D eigenvalue weighted by Gasteiger charge is 2.26. The van der Waals surface area contributed by atoms with Crippen molar-refractivity contribution in [1.29, 1.82) is 0 Å². The summed E-state index contributed by atoms with van der Waals surface area (Å²) in [5.41, 5.74) is 1.37. The van der Waals surface area contributed by atoms with E-state index in [2.05, 4.69) is 43.4 Å². The Hall–Kier alpha value is -1.02. The summed E-state index contributed by atoms with van der Waals surface area (Å²) in [6, 6.07) is 9.08.